The predicted molar refractivity (Wildman–Crippen MR) is 62.4 cm³/mol. The van der Waals surface area contributed by atoms with Crippen molar-refractivity contribution in [2.45, 2.75) is 57.6 Å². The number of hydrogen-bond acceptors (Lipinski definition) is 3. The molecule has 0 aliphatic heterocycles. The zero-order valence-electron chi connectivity index (χ0n) is 10.2. The zero-order chi connectivity index (χ0) is 12.8. The van der Waals surface area contributed by atoms with Crippen LogP contribution in [0.25, 0.3) is 0 Å². The first kappa shape index (κ1) is 14.0. The van der Waals surface area contributed by atoms with Gasteiger partial charge in [-0.1, -0.05) is 19.3 Å². The third kappa shape index (κ3) is 4.73. The van der Waals surface area contributed by atoms with Crippen LogP contribution in [0, 0.1) is 5.92 Å². The highest BCUT2D eigenvalue weighted by atomic mass is 16.4. The summed E-state index contributed by atoms with van der Waals surface area (Å²) in [7, 11) is 0. The summed E-state index contributed by atoms with van der Waals surface area (Å²) in [4.78, 5) is 22.4. The van der Waals surface area contributed by atoms with Gasteiger partial charge < -0.3 is 15.5 Å². The van der Waals surface area contributed by atoms with Gasteiger partial charge in [-0.2, -0.15) is 0 Å². The van der Waals surface area contributed by atoms with Gasteiger partial charge in [0.15, 0.2) is 6.04 Å². The molecule has 0 bridgehead atoms. The Balaban J connectivity index is 2.38. The van der Waals surface area contributed by atoms with Gasteiger partial charge >= 0.3 is 5.97 Å². The molecule has 0 aromatic heterocycles. The Hall–Kier alpha value is -1.10. The molecule has 1 amide bonds. The van der Waals surface area contributed by atoms with E-state index in [-0.39, 0.29) is 5.91 Å². The van der Waals surface area contributed by atoms with E-state index >= 15 is 0 Å². The molecule has 3 N–H and O–H groups in total. The fourth-order valence-corrected chi connectivity index (χ4v) is 2.27. The predicted octanol–water partition coefficient (Wildman–Crippen LogP) is 0.907. The van der Waals surface area contributed by atoms with Crippen LogP contribution < -0.4 is 5.32 Å². The van der Waals surface area contributed by atoms with Crippen molar-refractivity contribution in [3.05, 3.63) is 0 Å². The average Bonchev–Trinajstić information content (AvgIpc) is 2.26. The number of carbonyl (C=O) groups is 2. The number of aliphatic hydroxyl groups is 1. The van der Waals surface area contributed by atoms with Gasteiger partial charge in [-0.15, -0.1) is 0 Å². The Morgan fingerprint density at radius 3 is 2.35 bits per heavy atom. The maximum Gasteiger partial charge on any atom is 0.328 e. The lowest BCUT2D eigenvalue weighted by Gasteiger charge is -2.22. The summed E-state index contributed by atoms with van der Waals surface area (Å²) in [5.74, 6) is -1.10. The van der Waals surface area contributed by atoms with E-state index in [0.29, 0.717) is 12.3 Å². The molecule has 1 aliphatic carbocycles. The van der Waals surface area contributed by atoms with Gasteiger partial charge in [-0.25, -0.2) is 4.79 Å². The van der Waals surface area contributed by atoms with Gasteiger partial charge in [0.05, 0.1) is 6.10 Å². The van der Waals surface area contributed by atoms with Crippen LogP contribution in [0.4, 0.5) is 0 Å². The van der Waals surface area contributed by atoms with E-state index in [4.69, 9.17) is 5.11 Å². The summed E-state index contributed by atoms with van der Waals surface area (Å²) < 4.78 is 0. The number of hydrogen-bond donors (Lipinski definition) is 3. The lowest BCUT2D eigenvalue weighted by atomic mass is 9.87. The quantitative estimate of drug-likeness (QED) is 0.669. The van der Waals surface area contributed by atoms with Crippen molar-refractivity contribution in [1.82, 2.24) is 5.32 Å². The van der Waals surface area contributed by atoms with Crippen molar-refractivity contribution in [1.29, 1.82) is 0 Å². The number of nitrogens with one attached hydrogen (secondary N) is 1. The van der Waals surface area contributed by atoms with Gasteiger partial charge in [0, 0.05) is 6.42 Å². The molecule has 0 aromatic carbocycles. The molecular weight excluding hydrogens is 222 g/mol. The van der Waals surface area contributed by atoms with Crippen molar-refractivity contribution in [3.8, 4) is 0 Å². The van der Waals surface area contributed by atoms with Gasteiger partial charge in [0.1, 0.15) is 0 Å². The summed E-state index contributed by atoms with van der Waals surface area (Å²) >= 11 is 0. The van der Waals surface area contributed by atoms with E-state index in [1.807, 2.05) is 0 Å². The van der Waals surface area contributed by atoms with E-state index in [9.17, 15) is 14.7 Å². The molecule has 1 aliphatic rings. The lowest BCUT2D eigenvalue weighted by Crippen LogP contribution is -2.48. The Kier molecular flexibility index (Phi) is 5.41. The van der Waals surface area contributed by atoms with Crippen LogP contribution in [0.1, 0.15) is 45.4 Å². The molecule has 98 valence electrons. The van der Waals surface area contributed by atoms with Crippen LogP contribution in [-0.4, -0.2) is 34.2 Å². The maximum atomic E-state index is 11.6. The molecule has 1 fully saturated rings. The van der Waals surface area contributed by atoms with Crippen LogP contribution in [0.3, 0.4) is 0 Å². The van der Waals surface area contributed by atoms with Gasteiger partial charge in [0.25, 0.3) is 0 Å². The minimum atomic E-state index is -1.20. The van der Waals surface area contributed by atoms with Crippen LogP contribution in [0.15, 0.2) is 0 Å². The third-order valence-corrected chi connectivity index (χ3v) is 3.26. The number of rotatable bonds is 5. The Morgan fingerprint density at radius 2 is 1.88 bits per heavy atom. The number of amides is 1. The van der Waals surface area contributed by atoms with Crippen LogP contribution in [0.2, 0.25) is 0 Å². The summed E-state index contributed by atoms with van der Waals surface area (Å²) in [5, 5.41) is 20.4. The second-order valence-corrected chi connectivity index (χ2v) is 4.83. The number of carboxylic acids is 1. The number of carboxylic acid groups (broad SMARTS) is 1. The molecule has 5 nitrogen and oxygen atoms in total. The Labute approximate surface area is 101 Å². The molecule has 0 heterocycles. The highest BCUT2D eigenvalue weighted by Gasteiger charge is 2.26. The SMILES string of the molecule is C[C@@H](O)[C@H](NC(=O)CC1CCCCC1)C(=O)O. The minimum Gasteiger partial charge on any atom is -0.480 e. The van der Waals surface area contributed by atoms with Gasteiger partial charge in [-0.05, 0) is 25.7 Å². The second-order valence-electron chi connectivity index (χ2n) is 4.83. The smallest absolute Gasteiger partial charge is 0.328 e. The van der Waals surface area contributed by atoms with Gasteiger partial charge in [-0.3, -0.25) is 4.79 Å². The fourth-order valence-electron chi connectivity index (χ4n) is 2.27. The monoisotopic (exact) mass is 243 g/mol. The molecule has 2 atom stereocenters. The first-order valence-corrected chi connectivity index (χ1v) is 6.21. The van der Waals surface area contributed by atoms with E-state index < -0.39 is 18.1 Å². The van der Waals surface area contributed by atoms with E-state index in [0.717, 1.165) is 25.7 Å². The molecule has 1 saturated carbocycles. The highest BCUT2D eigenvalue weighted by Crippen LogP contribution is 2.26. The first-order chi connectivity index (χ1) is 8.00. The highest BCUT2D eigenvalue weighted by molar-refractivity contribution is 5.84. The van der Waals surface area contributed by atoms with E-state index in [1.54, 1.807) is 0 Å². The summed E-state index contributed by atoms with van der Waals surface area (Å²) in [6, 6.07) is -1.20. The molecule has 0 radical (unpaired) electrons. The summed E-state index contributed by atoms with van der Waals surface area (Å²) in [6.45, 7) is 1.36. The van der Waals surface area contributed by atoms with Crippen molar-refractivity contribution in [2.75, 3.05) is 0 Å². The maximum absolute atomic E-state index is 11.6. The molecule has 1 rings (SSSR count). The van der Waals surface area contributed by atoms with E-state index in [2.05, 4.69) is 5.32 Å². The van der Waals surface area contributed by atoms with Crippen molar-refractivity contribution in [3.63, 3.8) is 0 Å². The largest absolute Gasteiger partial charge is 0.480 e. The van der Waals surface area contributed by atoms with Crippen LogP contribution in [0.5, 0.6) is 0 Å². The van der Waals surface area contributed by atoms with Crippen molar-refractivity contribution < 1.29 is 19.8 Å². The first-order valence-electron chi connectivity index (χ1n) is 6.21. The molecule has 0 saturated heterocycles. The molecular formula is C12H21NO4. The van der Waals surface area contributed by atoms with E-state index in [1.165, 1.54) is 13.3 Å². The number of aliphatic hydroxyl groups excluding tert-OH is 1. The lowest BCUT2D eigenvalue weighted by molar-refractivity contribution is -0.145. The molecule has 5 heteroatoms. The fraction of sp³-hybridized carbons (Fsp3) is 0.833. The van der Waals surface area contributed by atoms with Crippen LogP contribution in [-0.2, 0) is 9.59 Å². The topological polar surface area (TPSA) is 86.6 Å². The summed E-state index contributed by atoms with van der Waals surface area (Å²) in [5.41, 5.74) is 0. The van der Waals surface area contributed by atoms with Gasteiger partial charge in [0.2, 0.25) is 5.91 Å². The number of aliphatic carboxylic acids is 1. The minimum absolute atomic E-state index is 0.273. The third-order valence-electron chi connectivity index (χ3n) is 3.26. The average molecular weight is 243 g/mol. The summed E-state index contributed by atoms with van der Waals surface area (Å²) in [6.07, 6.45) is 4.90. The molecule has 0 aromatic rings. The standard InChI is InChI=1S/C12H21NO4/c1-8(14)11(12(16)17)13-10(15)7-9-5-3-2-4-6-9/h8-9,11,14H,2-7H2,1H3,(H,13,15)(H,16,17)/t8-,11+/m1/s1. The molecule has 17 heavy (non-hydrogen) atoms. The Morgan fingerprint density at radius 1 is 1.29 bits per heavy atom. The molecule has 0 unspecified atom stereocenters. The number of carbonyl (C=O) groups excluding carboxylic acids is 1. The second kappa shape index (κ2) is 6.59. The van der Waals surface area contributed by atoms with Crippen molar-refractivity contribution >= 4 is 11.9 Å². The van der Waals surface area contributed by atoms with Crippen LogP contribution >= 0.6 is 0 Å². The van der Waals surface area contributed by atoms with Crippen molar-refractivity contribution in [2.24, 2.45) is 5.92 Å². The molecule has 0 spiro atoms. The zero-order valence-corrected chi connectivity index (χ0v) is 10.2. The Bertz CT molecular complexity index is 272. The normalized spacial score (nSPS) is 20.6.